The van der Waals surface area contributed by atoms with E-state index in [0.717, 1.165) is 50.7 Å². The van der Waals surface area contributed by atoms with Crippen LogP contribution in [0, 0.1) is 5.92 Å². The Bertz CT molecular complexity index is 651. The predicted molar refractivity (Wildman–Crippen MR) is 135 cm³/mol. The van der Waals surface area contributed by atoms with Crippen LogP contribution < -0.4 is 15.4 Å². The van der Waals surface area contributed by atoms with Crippen LogP contribution in [-0.4, -0.2) is 56.6 Å². The summed E-state index contributed by atoms with van der Waals surface area (Å²) in [5.41, 5.74) is 1.29. The number of piperidine rings is 1. The van der Waals surface area contributed by atoms with Gasteiger partial charge in [0.15, 0.2) is 5.96 Å². The minimum Gasteiger partial charge on any atom is -0.497 e. The van der Waals surface area contributed by atoms with Crippen LogP contribution in [0.25, 0.3) is 0 Å². The third-order valence-corrected chi connectivity index (χ3v) is 5.50. The maximum atomic E-state index is 12.4. The van der Waals surface area contributed by atoms with Gasteiger partial charge in [0.2, 0.25) is 5.91 Å². The fraction of sp³-hybridized carbons (Fsp3) is 0.652. The molecule has 1 aromatic carbocycles. The number of hydrogen-bond acceptors (Lipinski definition) is 3. The van der Waals surface area contributed by atoms with Gasteiger partial charge in [0.1, 0.15) is 5.75 Å². The monoisotopic (exact) mass is 530 g/mol. The first-order valence-electron chi connectivity index (χ1n) is 11.0. The summed E-state index contributed by atoms with van der Waals surface area (Å²) in [5, 5.41) is 6.57. The molecule has 0 spiro atoms. The number of hydrogen-bond donors (Lipinski definition) is 2. The van der Waals surface area contributed by atoms with E-state index in [9.17, 15) is 4.79 Å². The number of amides is 1. The Morgan fingerprint density at radius 3 is 2.67 bits per heavy atom. The molecule has 1 heterocycles. The van der Waals surface area contributed by atoms with E-state index >= 15 is 0 Å². The summed E-state index contributed by atoms with van der Waals surface area (Å²) in [7, 11) is 1.68. The van der Waals surface area contributed by atoms with E-state index < -0.39 is 0 Å². The first-order chi connectivity index (χ1) is 14.0. The number of methoxy groups -OCH3 is 1. The lowest BCUT2D eigenvalue weighted by molar-refractivity contribution is -0.132. The number of aliphatic imine (C=N–C) groups is 1. The highest BCUT2D eigenvalue weighted by atomic mass is 127. The molecule has 1 aliphatic rings. The molecule has 0 bridgehead atoms. The topological polar surface area (TPSA) is 66.0 Å². The number of halogens is 1. The van der Waals surface area contributed by atoms with E-state index in [1.165, 1.54) is 12.0 Å². The van der Waals surface area contributed by atoms with Crippen molar-refractivity contribution in [2.75, 3.05) is 39.8 Å². The number of guanidine groups is 1. The smallest absolute Gasteiger partial charge is 0.224 e. The molecule has 170 valence electrons. The van der Waals surface area contributed by atoms with Crippen molar-refractivity contribution in [1.29, 1.82) is 0 Å². The van der Waals surface area contributed by atoms with Gasteiger partial charge in [-0.05, 0) is 55.7 Å². The lowest BCUT2D eigenvalue weighted by atomic mass is 9.98. The van der Waals surface area contributed by atoms with Gasteiger partial charge in [-0.1, -0.05) is 26.0 Å². The van der Waals surface area contributed by atoms with Crippen molar-refractivity contribution < 1.29 is 9.53 Å². The van der Waals surface area contributed by atoms with Crippen LogP contribution in [-0.2, 0) is 4.79 Å². The lowest BCUT2D eigenvalue weighted by Gasteiger charge is -2.31. The summed E-state index contributed by atoms with van der Waals surface area (Å²) in [4.78, 5) is 19.1. The highest BCUT2D eigenvalue weighted by Crippen LogP contribution is 2.21. The van der Waals surface area contributed by atoms with Crippen LogP contribution in [0.2, 0.25) is 0 Å². The van der Waals surface area contributed by atoms with Gasteiger partial charge in [-0.15, -0.1) is 24.0 Å². The number of benzene rings is 1. The fourth-order valence-electron chi connectivity index (χ4n) is 3.67. The Kier molecular flexibility index (Phi) is 12.8. The zero-order valence-corrected chi connectivity index (χ0v) is 21.3. The number of ether oxygens (including phenoxy) is 1. The van der Waals surface area contributed by atoms with Gasteiger partial charge >= 0.3 is 0 Å². The van der Waals surface area contributed by atoms with Crippen molar-refractivity contribution in [3.05, 3.63) is 29.8 Å². The highest BCUT2D eigenvalue weighted by molar-refractivity contribution is 14.0. The van der Waals surface area contributed by atoms with E-state index in [1.54, 1.807) is 7.11 Å². The molecule has 30 heavy (non-hydrogen) atoms. The molecule has 1 amide bonds. The second-order valence-electron chi connectivity index (χ2n) is 7.99. The average Bonchev–Trinajstić information content (AvgIpc) is 2.73. The maximum Gasteiger partial charge on any atom is 0.224 e. The van der Waals surface area contributed by atoms with E-state index in [1.807, 2.05) is 17.0 Å². The van der Waals surface area contributed by atoms with Crippen LogP contribution in [0.4, 0.5) is 0 Å². The highest BCUT2D eigenvalue weighted by Gasteiger charge is 2.20. The van der Waals surface area contributed by atoms with E-state index in [-0.39, 0.29) is 29.9 Å². The second kappa shape index (κ2) is 14.5. The molecule has 2 N–H and O–H groups in total. The SMILES string of the molecule is CCNC(=NCCC(C)c1ccc(OC)cc1)NCCC(=O)N1CCCC(C)C1.I. The standard InChI is InChI=1S/C23H38N4O2.HI/c1-5-24-23(26-15-13-22(28)27-16-6-7-18(2)17-27)25-14-12-19(3)20-8-10-21(29-4)11-9-20;/h8-11,18-19H,5-7,12-17H2,1-4H3,(H2,24,25,26);1H. The third-order valence-electron chi connectivity index (χ3n) is 5.50. The normalized spacial score (nSPS) is 17.7. The largest absolute Gasteiger partial charge is 0.497 e. The molecular weight excluding hydrogens is 491 g/mol. The number of nitrogens with zero attached hydrogens (tertiary/aromatic N) is 2. The first kappa shape index (κ1) is 26.5. The van der Waals surface area contributed by atoms with Crippen molar-refractivity contribution in [3.8, 4) is 5.75 Å². The number of carbonyl (C=O) groups is 1. The van der Waals surface area contributed by atoms with Crippen LogP contribution in [0.3, 0.4) is 0 Å². The van der Waals surface area contributed by atoms with Gasteiger partial charge < -0.3 is 20.3 Å². The molecule has 1 fully saturated rings. The van der Waals surface area contributed by atoms with Crippen LogP contribution in [0.5, 0.6) is 5.75 Å². The number of carbonyl (C=O) groups excluding carboxylic acids is 1. The lowest BCUT2D eigenvalue weighted by Crippen LogP contribution is -2.42. The summed E-state index contributed by atoms with van der Waals surface area (Å²) >= 11 is 0. The Labute approximate surface area is 199 Å². The zero-order valence-electron chi connectivity index (χ0n) is 18.9. The Hall–Kier alpha value is -1.51. The molecule has 2 unspecified atom stereocenters. The zero-order chi connectivity index (χ0) is 21.1. The molecule has 0 radical (unpaired) electrons. The minimum absolute atomic E-state index is 0. The molecule has 2 atom stereocenters. The average molecular weight is 530 g/mol. The van der Waals surface area contributed by atoms with Crippen molar-refractivity contribution in [2.24, 2.45) is 10.9 Å². The van der Waals surface area contributed by atoms with Gasteiger partial charge in [0.25, 0.3) is 0 Å². The van der Waals surface area contributed by atoms with E-state index in [2.05, 4.69) is 48.5 Å². The predicted octanol–water partition coefficient (Wildman–Crippen LogP) is 4.01. The van der Waals surface area contributed by atoms with Crippen molar-refractivity contribution in [3.63, 3.8) is 0 Å². The molecule has 0 aliphatic carbocycles. The van der Waals surface area contributed by atoms with E-state index in [4.69, 9.17) is 4.74 Å². The molecule has 1 aromatic rings. The molecule has 1 aliphatic heterocycles. The number of likely N-dealkylation sites (tertiary alicyclic amines) is 1. The molecule has 2 rings (SSSR count). The summed E-state index contributed by atoms with van der Waals surface area (Å²) in [6.07, 6.45) is 3.83. The van der Waals surface area contributed by atoms with Gasteiger partial charge in [0.05, 0.1) is 7.11 Å². The Morgan fingerprint density at radius 2 is 2.03 bits per heavy atom. The third kappa shape index (κ3) is 9.10. The Balaban J connectivity index is 0.00000450. The Morgan fingerprint density at radius 1 is 1.30 bits per heavy atom. The maximum absolute atomic E-state index is 12.4. The molecule has 0 saturated carbocycles. The van der Waals surface area contributed by atoms with Crippen molar-refractivity contribution >= 4 is 35.8 Å². The van der Waals surface area contributed by atoms with Crippen LogP contribution >= 0.6 is 24.0 Å². The second-order valence-corrected chi connectivity index (χ2v) is 7.99. The molecule has 1 saturated heterocycles. The number of rotatable bonds is 9. The molecular formula is C23H39IN4O2. The number of nitrogens with one attached hydrogen (secondary N) is 2. The summed E-state index contributed by atoms with van der Waals surface area (Å²) < 4.78 is 5.22. The van der Waals surface area contributed by atoms with Crippen LogP contribution in [0.1, 0.15) is 57.9 Å². The molecule has 6 nitrogen and oxygen atoms in total. The first-order valence-corrected chi connectivity index (χ1v) is 11.0. The van der Waals surface area contributed by atoms with Gasteiger partial charge in [-0.25, -0.2) is 0 Å². The summed E-state index contributed by atoms with van der Waals surface area (Å²) in [6, 6.07) is 8.23. The molecule has 7 heteroatoms. The molecule has 0 aromatic heterocycles. The van der Waals surface area contributed by atoms with Crippen molar-refractivity contribution in [1.82, 2.24) is 15.5 Å². The van der Waals surface area contributed by atoms with Gasteiger partial charge in [0, 0.05) is 39.1 Å². The fourth-order valence-corrected chi connectivity index (χ4v) is 3.67. The van der Waals surface area contributed by atoms with Crippen molar-refractivity contribution in [2.45, 2.75) is 52.4 Å². The van der Waals surface area contributed by atoms with Gasteiger partial charge in [-0.2, -0.15) is 0 Å². The summed E-state index contributed by atoms with van der Waals surface area (Å²) in [5.74, 6) is 2.95. The van der Waals surface area contributed by atoms with Crippen LogP contribution in [0.15, 0.2) is 29.3 Å². The quantitative estimate of drug-likeness (QED) is 0.288. The summed E-state index contributed by atoms with van der Waals surface area (Å²) in [6.45, 7) is 10.5. The van der Waals surface area contributed by atoms with Gasteiger partial charge in [-0.3, -0.25) is 9.79 Å². The van der Waals surface area contributed by atoms with E-state index in [0.29, 0.717) is 24.8 Å². The minimum atomic E-state index is 0.